The Balaban J connectivity index is 1.76. The van der Waals surface area contributed by atoms with E-state index >= 15 is 0 Å². The fraction of sp³-hybridized carbons (Fsp3) is 0.385. The molecule has 0 N–H and O–H groups in total. The fourth-order valence-corrected chi connectivity index (χ4v) is 2.89. The standard InChI is InChI=1S/C13H15N3S/c1-10-14-6-12-2-4-16(8-13(12)15-10)7-11-3-5-17-9-11/h3,5-6,9H,2,4,7-8H2,1H3. The molecule has 0 bridgehead atoms. The van der Waals surface area contributed by atoms with Gasteiger partial charge in [-0.3, -0.25) is 4.90 Å². The first kappa shape index (κ1) is 10.9. The summed E-state index contributed by atoms with van der Waals surface area (Å²) in [5.74, 6) is 0.876. The minimum Gasteiger partial charge on any atom is -0.293 e. The molecule has 0 saturated carbocycles. The van der Waals surface area contributed by atoms with Crippen LogP contribution in [0.15, 0.2) is 23.0 Å². The topological polar surface area (TPSA) is 29.0 Å². The maximum absolute atomic E-state index is 4.54. The normalized spacial score (nSPS) is 15.8. The molecule has 0 aromatic carbocycles. The van der Waals surface area contributed by atoms with Gasteiger partial charge in [0.1, 0.15) is 5.82 Å². The van der Waals surface area contributed by atoms with Crippen LogP contribution in [-0.4, -0.2) is 21.4 Å². The van der Waals surface area contributed by atoms with E-state index in [1.807, 2.05) is 13.1 Å². The summed E-state index contributed by atoms with van der Waals surface area (Å²) in [4.78, 5) is 11.3. The highest BCUT2D eigenvalue weighted by Gasteiger charge is 2.17. The van der Waals surface area contributed by atoms with Gasteiger partial charge in [0.2, 0.25) is 0 Å². The van der Waals surface area contributed by atoms with Crippen molar-refractivity contribution in [3.8, 4) is 0 Å². The van der Waals surface area contributed by atoms with Crippen LogP contribution < -0.4 is 0 Å². The van der Waals surface area contributed by atoms with Crippen molar-refractivity contribution >= 4 is 11.3 Å². The number of nitrogens with zero attached hydrogens (tertiary/aromatic N) is 3. The number of thiophene rings is 1. The molecule has 0 unspecified atom stereocenters. The highest BCUT2D eigenvalue weighted by atomic mass is 32.1. The van der Waals surface area contributed by atoms with Gasteiger partial charge < -0.3 is 0 Å². The van der Waals surface area contributed by atoms with Gasteiger partial charge in [-0.25, -0.2) is 9.97 Å². The van der Waals surface area contributed by atoms with Gasteiger partial charge in [0, 0.05) is 25.8 Å². The quantitative estimate of drug-likeness (QED) is 0.813. The number of aryl methyl sites for hydroxylation is 1. The average Bonchev–Trinajstić information content (AvgIpc) is 2.81. The number of fused-ring (bicyclic) bond motifs is 1. The van der Waals surface area contributed by atoms with Crippen molar-refractivity contribution in [2.45, 2.75) is 26.4 Å². The second-order valence-corrected chi connectivity index (χ2v) is 5.26. The summed E-state index contributed by atoms with van der Waals surface area (Å²) < 4.78 is 0. The molecule has 0 spiro atoms. The van der Waals surface area contributed by atoms with Crippen molar-refractivity contribution in [1.29, 1.82) is 0 Å². The van der Waals surface area contributed by atoms with Crippen LogP contribution in [0.4, 0.5) is 0 Å². The first-order valence-electron chi connectivity index (χ1n) is 5.86. The number of aromatic nitrogens is 2. The van der Waals surface area contributed by atoms with Crippen LogP contribution in [0.5, 0.6) is 0 Å². The van der Waals surface area contributed by atoms with Crippen LogP contribution in [0.2, 0.25) is 0 Å². The van der Waals surface area contributed by atoms with E-state index in [-0.39, 0.29) is 0 Å². The van der Waals surface area contributed by atoms with E-state index in [9.17, 15) is 0 Å². The molecule has 0 atom stereocenters. The third kappa shape index (κ3) is 2.37. The lowest BCUT2D eigenvalue weighted by molar-refractivity contribution is 0.241. The molecule has 2 aromatic heterocycles. The lowest BCUT2D eigenvalue weighted by Crippen LogP contribution is -2.31. The van der Waals surface area contributed by atoms with Gasteiger partial charge in [-0.15, -0.1) is 0 Å². The lowest BCUT2D eigenvalue weighted by atomic mass is 10.1. The monoisotopic (exact) mass is 245 g/mol. The molecule has 1 aliphatic heterocycles. The zero-order chi connectivity index (χ0) is 11.7. The molecule has 3 heterocycles. The van der Waals surface area contributed by atoms with Crippen molar-refractivity contribution in [3.63, 3.8) is 0 Å². The number of rotatable bonds is 2. The van der Waals surface area contributed by atoms with Crippen LogP contribution in [0.25, 0.3) is 0 Å². The largest absolute Gasteiger partial charge is 0.293 e. The van der Waals surface area contributed by atoms with Crippen LogP contribution >= 0.6 is 11.3 Å². The van der Waals surface area contributed by atoms with E-state index in [1.165, 1.54) is 16.8 Å². The van der Waals surface area contributed by atoms with Gasteiger partial charge in [0.15, 0.2) is 0 Å². The van der Waals surface area contributed by atoms with Gasteiger partial charge >= 0.3 is 0 Å². The molecule has 2 aromatic rings. The molecular weight excluding hydrogens is 230 g/mol. The van der Waals surface area contributed by atoms with Gasteiger partial charge in [-0.1, -0.05) is 0 Å². The molecule has 0 fully saturated rings. The van der Waals surface area contributed by atoms with E-state index in [0.717, 1.165) is 31.9 Å². The van der Waals surface area contributed by atoms with Crippen molar-refractivity contribution in [2.24, 2.45) is 0 Å². The first-order chi connectivity index (χ1) is 8.31. The van der Waals surface area contributed by atoms with Crippen LogP contribution in [0.3, 0.4) is 0 Å². The summed E-state index contributed by atoms with van der Waals surface area (Å²) in [5, 5.41) is 4.36. The smallest absolute Gasteiger partial charge is 0.125 e. The van der Waals surface area contributed by atoms with Gasteiger partial charge in [0.25, 0.3) is 0 Å². The van der Waals surface area contributed by atoms with Crippen molar-refractivity contribution < 1.29 is 0 Å². The molecular formula is C13H15N3S. The summed E-state index contributed by atoms with van der Waals surface area (Å²) in [7, 11) is 0. The van der Waals surface area contributed by atoms with Crippen LogP contribution in [0, 0.1) is 6.92 Å². The maximum Gasteiger partial charge on any atom is 0.125 e. The zero-order valence-electron chi connectivity index (χ0n) is 9.89. The fourth-order valence-electron chi connectivity index (χ4n) is 2.23. The highest BCUT2D eigenvalue weighted by Crippen LogP contribution is 2.19. The van der Waals surface area contributed by atoms with E-state index < -0.39 is 0 Å². The Morgan fingerprint density at radius 2 is 2.41 bits per heavy atom. The SMILES string of the molecule is Cc1ncc2c(n1)CN(Cc1ccsc1)CC2. The highest BCUT2D eigenvalue weighted by molar-refractivity contribution is 7.07. The van der Waals surface area contributed by atoms with E-state index in [2.05, 4.69) is 31.7 Å². The Morgan fingerprint density at radius 3 is 3.24 bits per heavy atom. The van der Waals surface area contributed by atoms with Crippen LogP contribution in [-0.2, 0) is 19.5 Å². The van der Waals surface area contributed by atoms with E-state index in [0.29, 0.717) is 0 Å². The summed E-state index contributed by atoms with van der Waals surface area (Å²) in [6.07, 6.45) is 3.05. The predicted octanol–water partition coefficient (Wildman–Crippen LogP) is 2.40. The summed E-state index contributed by atoms with van der Waals surface area (Å²) >= 11 is 1.76. The third-order valence-electron chi connectivity index (χ3n) is 3.13. The summed E-state index contributed by atoms with van der Waals surface area (Å²) in [6.45, 7) is 5.05. The molecule has 4 heteroatoms. The molecule has 1 aliphatic rings. The first-order valence-corrected chi connectivity index (χ1v) is 6.80. The minimum atomic E-state index is 0.876. The van der Waals surface area contributed by atoms with Gasteiger partial charge in [0.05, 0.1) is 5.69 Å². The van der Waals surface area contributed by atoms with E-state index in [1.54, 1.807) is 11.3 Å². The number of hydrogen-bond donors (Lipinski definition) is 0. The van der Waals surface area contributed by atoms with Crippen molar-refractivity contribution in [3.05, 3.63) is 45.7 Å². The molecule has 0 radical (unpaired) electrons. The van der Waals surface area contributed by atoms with E-state index in [4.69, 9.17) is 0 Å². The van der Waals surface area contributed by atoms with Crippen molar-refractivity contribution in [2.75, 3.05) is 6.54 Å². The lowest BCUT2D eigenvalue weighted by Gasteiger charge is -2.27. The molecule has 88 valence electrons. The Labute approximate surface area is 105 Å². The molecule has 0 aliphatic carbocycles. The third-order valence-corrected chi connectivity index (χ3v) is 3.86. The maximum atomic E-state index is 4.54. The second kappa shape index (κ2) is 4.55. The molecule has 3 nitrogen and oxygen atoms in total. The Hall–Kier alpha value is -1.26. The number of hydrogen-bond acceptors (Lipinski definition) is 4. The van der Waals surface area contributed by atoms with Gasteiger partial charge in [-0.2, -0.15) is 11.3 Å². The average molecular weight is 245 g/mol. The van der Waals surface area contributed by atoms with Crippen LogP contribution in [0.1, 0.15) is 22.6 Å². The zero-order valence-corrected chi connectivity index (χ0v) is 10.7. The minimum absolute atomic E-state index is 0.876. The molecule has 0 amide bonds. The molecule has 3 rings (SSSR count). The molecule has 17 heavy (non-hydrogen) atoms. The molecule has 0 saturated heterocycles. The Morgan fingerprint density at radius 1 is 1.47 bits per heavy atom. The van der Waals surface area contributed by atoms with Gasteiger partial charge in [-0.05, 0) is 41.3 Å². The second-order valence-electron chi connectivity index (χ2n) is 4.48. The van der Waals surface area contributed by atoms with Crippen molar-refractivity contribution in [1.82, 2.24) is 14.9 Å². The Bertz CT molecular complexity index is 507. The summed E-state index contributed by atoms with van der Waals surface area (Å²) in [6, 6.07) is 2.20. The Kier molecular flexibility index (Phi) is 2.91. The summed E-state index contributed by atoms with van der Waals surface area (Å²) in [5.41, 5.74) is 3.93. The predicted molar refractivity (Wildman–Crippen MR) is 68.9 cm³/mol.